The van der Waals surface area contributed by atoms with E-state index in [1.54, 1.807) is 6.92 Å². The number of primary amides is 1. The maximum atomic E-state index is 11.9. The Morgan fingerprint density at radius 1 is 1.09 bits per heavy atom. The molecule has 0 spiro atoms. The highest BCUT2D eigenvalue weighted by molar-refractivity contribution is 5.86. The van der Waals surface area contributed by atoms with E-state index in [2.05, 4.69) is 35.8 Å². The van der Waals surface area contributed by atoms with Crippen LogP contribution in [0.15, 0.2) is 48.5 Å². The predicted molar refractivity (Wildman–Crippen MR) is 90.6 cm³/mol. The third-order valence-corrected chi connectivity index (χ3v) is 3.50. The number of carbonyl (C=O) groups excluding carboxylic acids is 2. The van der Waals surface area contributed by atoms with Gasteiger partial charge in [0.25, 0.3) is 0 Å². The van der Waals surface area contributed by atoms with Crippen molar-refractivity contribution in [2.75, 3.05) is 0 Å². The lowest BCUT2D eigenvalue weighted by atomic mass is 10.0. The van der Waals surface area contributed by atoms with Crippen LogP contribution in [0.25, 0.3) is 11.1 Å². The van der Waals surface area contributed by atoms with Crippen molar-refractivity contribution < 1.29 is 9.59 Å². The van der Waals surface area contributed by atoms with Crippen LogP contribution in [0.2, 0.25) is 0 Å². The van der Waals surface area contributed by atoms with Crippen molar-refractivity contribution in [1.82, 2.24) is 10.6 Å². The highest BCUT2D eigenvalue weighted by Gasteiger charge is 2.13. The Labute approximate surface area is 135 Å². The summed E-state index contributed by atoms with van der Waals surface area (Å²) < 4.78 is 0. The molecule has 0 bridgehead atoms. The fourth-order valence-electron chi connectivity index (χ4n) is 2.31. The standard InChI is InChI=1S/C18H21N3O2/c1-12-5-3-7-15(9-12)16-8-4-6-14(10-16)11-20-17(22)13(2)21-18(19)23/h3-10,13H,11H2,1-2H3,(H,20,22)(H3,19,21,23). The summed E-state index contributed by atoms with van der Waals surface area (Å²) in [6.07, 6.45) is 0. The summed E-state index contributed by atoms with van der Waals surface area (Å²) in [5.74, 6) is -0.273. The molecule has 0 fully saturated rings. The number of nitrogens with one attached hydrogen (secondary N) is 2. The minimum Gasteiger partial charge on any atom is -0.352 e. The van der Waals surface area contributed by atoms with Crippen molar-refractivity contribution >= 4 is 11.9 Å². The Bertz CT molecular complexity index is 713. The van der Waals surface area contributed by atoms with Crippen LogP contribution >= 0.6 is 0 Å². The largest absolute Gasteiger partial charge is 0.352 e. The zero-order chi connectivity index (χ0) is 16.8. The molecular weight excluding hydrogens is 290 g/mol. The van der Waals surface area contributed by atoms with Gasteiger partial charge in [0.1, 0.15) is 6.04 Å². The molecule has 2 aromatic rings. The van der Waals surface area contributed by atoms with Crippen molar-refractivity contribution in [3.05, 3.63) is 59.7 Å². The van der Waals surface area contributed by atoms with Gasteiger partial charge in [-0.3, -0.25) is 4.79 Å². The van der Waals surface area contributed by atoms with Gasteiger partial charge in [-0.2, -0.15) is 0 Å². The Morgan fingerprint density at radius 2 is 1.74 bits per heavy atom. The number of hydrogen-bond acceptors (Lipinski definition) is 2. The van der Waals surface area contributed by atoms with E-state index in [0.29, 0.717) is 6.54 Å². The lowest BCUT2D eigenvalue weighted by molar-refractivity contribution is -0.122. The van der Waals surface area contributed by atoms with Gasteiger partial charge >= 0.3 is 6.03 Å². The lowest BCUT2D eigenvalue weighted by Gasteiger charge is -2.13. The predicted octanol–water partition coefficient (Wildman–Crippen LogP) is 2.34. The van der Waals surface area contributed by atoms with E-state index in [4.69, 9.17) is 5.73 Å². The minimum absolute atomic E-state index is 0.273. The molecule has 0 aromatic heterocycles. The number of rotatable bonds is 5. The van der Waals surface area contributed by atoms with E-state index in [-0.39, 0.29) is 5.91 Å². The van der Waals surface area contributed by atoms with Crippen LogP contribution in [0.4, 0.5) is 4.79 Å². The third kappa shape index (κ3) is 4.85. The molecular formula is C18H21N3O2. The van der Waals surface area contributed by atoms with E-state index >= 15 is 0 Å². The molecule has 0 saturated heterocycles. The van der Waals surface area contributed by atoms with Gasteiger partial charge in [-0.25, -0.2) is 4.79 Å². The van der Waals surface area contributed by atoms with Crippen molar-refractivity contribution in [1.29, 1.82) is 0 Å². The van der Waals surface area contributed by atoms with E-state index in [9.17, 15) is 9.59 Å². The van der Waals surface area contributed by atoms with Gasteiger partial charge in [-0.15, -0.1) is 0 Å². The second kappa shape index (κ2) is 7.45. The molecule has 3 amide bonds. The number of nitrogens with two attached hydrogens (primary N) is 1. The van der Waals surface area contributed by atoms with Crippen molar-refractivity contribution in [3.8, 4) is 11.1 Å². The molecule has 23 heavy (non-hydrogen) atoms. The number of urea groups is 1. The molecule has 0 saturated carbocycles. The van der Waals surface area contributed by atoms with Crippen LogP contribution < -0.4 is 16.4 Å². The molecule has 0 aliphatic heterocycles. The smallest absolute Gasteiger partial charge is 0.312 e. The molecule has 0 aliphatic carbocycles. The Kier molecular flexibility index (Phi) is 5.36. The topological polar surface area (TPSA) is 84.2 Å². The molecule has 1 atom stereocenters. The van der Waals surface area contributed by atoms with Crippen LogP contribution in [0.1, 0.15) is 18.1 Å². The maximum Gasteiger partial charge on any atom is 0.312 e. The van der Waals surface area contributed by atoms with Crippen LogP contribution in [-0.2, 0) is 11.3 Å². The number of benzene rings is 2. The summed E-state index contributed by atoms with van der Waals surface area (Å²) in [4.78, 5) is 22.6. The Hall–Kier alpha value is -2.82. The molecule has 0 heterocycles. The number of hydrogen-bond donors (Lipinski definition) is 3. The van der Waals surface area contributed by atoms with E-state index in [1.807, 2.05) is 30.3 Å². The first-order chi connectivity index (χ1) is 11.0. The molecule has 0 aliphatic rings. The van der Waals surface area contributed by atoms with Crippen molar-refractivity contribution in [3.63, 3.8) is 0 Å². The molecule has 0 radical (unpaired) electrons. The van der Waals surface area contributed by atoms with E-state index < -0.39 is 12.1 Å². The summed E-state index contributed by atoms with van der Waals surface area (Å²) in [5, 5.41) is 5.13. The SMILES string of the molecule is Cc1cccc(-c2cccc(CNC(=O)C(C)NC(N)=O)c2)c1. The monoisotopic (exact) mass is 311 g/mol. The molecule has 120 valence electrons. The highest BCUT2D eigenvalue weighted by atomic mass is 16.2. The molecule has 2 aromatic carbocycles. The zero-order valence-corrected chi connectivity index (χ0v) is 13.3. The summed E-state index contributed by atoms with van der Waals surface area (Å²) in [7, 11) is 0. The normalized spacial score (nSPS) is 11.6. The average molecular weight is 311 g/mol. The highest BCUT2D eigenvalue weighted by Crippen LogP contribution is 2.21. The van der Waals surface area contributed by atoms with Crippen LogP contribution in [0.3, 0.4) is 0 Å². The first-order valence-corrected chi connectivity index (χ1v) is 7.45. The molecule has 5 heteroatoms. The fraction of sp³-hybridized carbons (Fsp3) is 0.222. The van der Waals surface area contributed by atoms with Gasteiger partial charge in [0.15, 0.2) is 0 Å². The fourth-order valence-corrected chi connectivity index (χ4v) is 2.31. The van der Waals surface area contributed by atoms with Crippen LogP contribution in [-0.4, -0.2) is 18.0 Å². The van der Waals surface area contributed by atoms with E-state index in [1.165, 1.54) is 5.56 Å². The summed E-state index contributed by atoms with van der Waals surface area (Å²) >= 11 is 0. The van der Waals surface area contributed by atoms with Crippen molar-refractivity contribution in [2.24, 2.45) is 5.73 Å². The maximum absolute atomic E-state index is 11.9. The summed E-state index contributed by atoms with van der Waals surface area (Å²) in [6.45, 7) is 4.03. The number of aryl methyl sites for hydroxylation is 1. The number of amides is 3. The van der Waals surface area contributed by atoms with Gasteiger partial charge < -0.3 is 16.4 Å². The molecule has 4 N–H and O–H groups in total. The van der Waals surface area contributed by atoms with Crippen molar-refractivity contribution in [2.45, 2.75) is 26.4 Å². The van der Waals surface area contributed by atoms with Gasteiger partial charge in [-0.05, 0) is 36.6 Å². The van der Waals surface area contributed by atoms with Gasteiger partial charge in [0.05, 0.1) is 0 Å². The van der Waals surface area contributed by atoms with Gasteiger partial charge in [0, 0.05) is 6.54 Å². The quantitative estimate of drug-likeness (QED) is 0.792. The molecule has 1 unspecified atom stereocenters. The Morgan fingerprint density at radius 3 is 2.39 bits per heavy atom. The van der Waals surface area contributed by atoms with Crippen LogP contribution in [0, 0.1) is 6.92 Å². The number of carbonyl (C=O) groups is 2. The zero-order valence-electron chi connectivity index (χ0n) is 13.3. The first-order valence-electron chi connectivity index (χ1n) is 7.45. The minimum atomic E-state index is -0.714. The molecule has 2 rings (SSSR count). The Balaban J connectivity index is 2.03. The summed E-state index contributed by atoms with van der Waals surface area (Å²) in [5.41, 5.74) is 9.44. The third-order valence-electron chi connectivity index (χ3n) is 3.50. The van der Waals surface area contributed by atoms with Crippen LogP contribution in [0.5, 0.6) is 0 Å². The lowest BCUT2D eigenvalue weighted by Crippen LogP contribution is -2.46. The average Bonchev–Trinajstić information content (AvgIpc) is 2.52. The second-order valence-corrected chi connectivity index (χ2v) is 5.52. The molecule has 5 nitrogen and oxygen atoms in total. The van der Waals surface area contributed by atoms with Gasteiger partial charge in [-0.1, -0.05) is 48.0 Å². The van der Waals surface area contributed by atoms with Gasteiger partial charge in [0.2, 0.25) is 5.91 Å². The second-order valence-electron chi connectivity index (χ2n) is 5.52. The van der Waals surface area contributed by atoms with E-state index in [0.717, 1.165) is 16.7 Å². The first kappa shape index (κ1) is 16.5. The summed E-state index contributed by atoms with van der Waals surface area (Å²) in [6, 6.07) is 14.9.